The molecular weight excluding hydrogens is 488 g/mol. The van der Waals surface area contributed by atoms with E-state index in [2.05, 4.69) is 5.32 Å². The van der Waals surface area contributed by atoms with E-state index in [9.17, 15) is 24.3 Å². The van der Waals surface area contributed by atoms with Crippen LogP contribution in [0.25, 0.3) is 0 Å². The molecule has 1 aliphatic rings. The normalized spacial score (nSPS) is 16.4. The second-order valence-electron chi connectivity index (χ2n) is 7.50. The monoisotopic (exact) mass is 516 g/mol. The first-order valence-corrected chi connectivity index (χ1v) is 12.1. The minimum atomic E-state index is -1.20. The summed E-state index contributed by atoms with van der Waals surface area (Å²) in [5.41, 5.74) is 0.837. The first kappa shape index (κ1) is 27.0. The fourth-order valence-electron chi connectivity index (χ4n) is 3.28. The molecule has 0 radical (unpaired) electrons. The van der Waals surface area contributed by atoms with Gasteiger partial charge < -0.3 is 32.1 Å². The average Bonchev–Trinajstić information content (AvgIpc) is 3.19. The summed E-state index contributed by atoms with van der Waals surface area (Å²) < 4.78 is 5.31. The van der Waals surface area contributed by atoms with Crippen LogP contribution >= 0.6 is 0 Å². The van der Waals surface area contributed by atoms with Crippen molar-refractivity contribution >= 4 is 34.6 Å². The number of ether oxygens (including phenoxy) is 1. The molecule has 1 heterocycles. The number of carbonyl (C=O) groups is 4. The molecule has 0 bridgehead atoms. The molecular formula is C21H29BrN2O6S. The van der Waals surface area contributed by atoms with Gasteiger partial charge >= 0.3 is 12.1 Å². The Bertz CT molecular complexity index is 761. The van der Waals surface area contributed by atoms with Gasteiger partial charge in [0.2, 0.25) is 5.91 Å². The average molecular weight is 517 g/mol. The standard InChI is InChI=1S/C21H28N2O6S.BrH/c1-30(2)14-16(24)10-11-17(20(26)27)22-19(25)18-9-6-12-23(18)21(28)29-13-15-7-4-3-5-8-15;/h3-5,7-8,17-18H,6,9-14H2,1-2H3,(H-,22,25,26,27);1H/t17-,18-;/m0./s1. The van der Waals surface area contributed by atoms with Crippen LogP contribution in [0.5, 0.6) is 0 Å². The SMILES string of the molecule is C[S+](C)CC(=O)CC[C@H](NC(=O)[C@@H]1CCCN1C(=O)OCc1ccccc1)C(=O)O.[Br-]. The van der Waals surface area contributed by atoms with Gasteiger partial charge in [0.15, 0.2) is 11.5 Å². The van der Waals surface area contributed by atoms with Crippen molar-refractivity contribution in [1.29, 1.82) is 0 Å². The van der Waals surface area contributed by atoms with Crippen molar-refractivity contribution in [2.24, 2.45) is 0 Å². The first-order chi connectivity index (χ1) is 14.3. The van der Waals surface area contributed by atoms with Gasteiger partial charge in [0.25, 0.3) is 0 Å². The van der Waals surface area contributed by atoms with Crippen molar-refractivity contribution in [3.63, 3.8) is 0 Å². The molecule has 0 aliphatic carbocycles. The number of Topliss-reactive ketones (excluding diaryl/α,β-unsaturated/α-hetero) is 1. The maximum atomic E-state index is 12.7. The Hall–Kier alpha value is -2.07. The van der Waals surface area contributed by atoms with Gasteiger partial charge in [-0.05, 0) is 35.7 Å². The van der Waals surface area contributed by atoms with Crippen LogP contribution in [0.2, 0.25) is 0 Å². The Balaban J connectivity index is 0.00000480. The van der Waals surface area contributed by atoms with E-state index in [0.717, 1.165) is 5.56 Å². The quantitative estimate of drug-likeness (QED) is 0.369. The molecule has 31 heavy (non-hydrogen) atoms. The summed E-state index contributed by atoms with van der Waals surface area (Å²) in [6.07, 6.45) is 4.48. The Morgan fingerprint density at radius 2 is 1.90 bits per heavy atom. The predicted molar refractivity (Wildman–Crippen MR) is 114 cm³/mol. The van der Waals surface area contributed by atoms with Crippen molar-refractivity contribution in [2.75, 3.05) is 24.8 Å². The Labute approximate surface area is 195 Å². The first-order valence-electron chi connectivity index (χ1n) is 9.84. The highest BCUT2D eigenvalue weighted by atomic mass is 79.9. The van der Waals surface area contributed by atoms with Crippen molar-refractivity contribution in [2.45, 2.75) is 44.4 Å². The largest absolute Gasteiger partial charge is 1.00 e. The molecule has 2 atom stereocenters. The van der Waals surface area contributed by atoms with Crippen LogP contribution in [-0.4, -0.2) is 70.7 Å². The fourth-order valence-corrected chi connectivity index (χ4v) is 4.07. The summed E-state index contributed by atoms with van der Waals surface area (Å²) in [5, 5.41) is 11.9. The molecule has 0 spiro atoms. The molecule has 0 unspecified atom stereocenters. The van der Waals surface area contributed by atoms with Crippen molar-refractivity contribution < 1.29 is 46.0 Å². The summed E-state index contributed by atoms with van der Waals surface area (Å²) in [6.45, 7) is 0.470. The highest BCUT2D eigenvalue weighted by molar-refractivity contribution is 7.96. The van der Waals surface area contributed by atoms with Crippen LogP contribution in [-0.2, 0) is 36.6 Å². The molecule has 10 heteroatoms. The van der Waals surface area contributed by atoms with E-state index < -0.39 is 30.1 Å². The van der Waals surface area contributed by atoms with E-state index in [4.69, 9.17) is 4.74 Å². The summed E-state index contributed by atoms with van der Waals surface area (Å²) in [5.74, 6) is -1.34. The number of carboxylic acids is 1. The van der Waals surface area contributed by atoms with Crippen molar-refractivity contribution in [3.05, 3.63) is 35.9 Å². The molecule has 0 saturated carbocycles. The van der Waals surface area contributed by atoms with Gasteiger partial charge in [-0.2, -0.15) is 0 Å². The Morgan fingerprint density at radius 3 is 2.52 bits per heavy atom. The lowest BCUT2D eigenvalue weighted by Gasteiger charge is -2.25. The number of nitrogens with one attached hydrogen (secondary N) is 1. The minimum absolute atomic E-state index is 0. The number of carboxylic acid groups (broad SMARTS) is 1. The molecule has 1 saturated heterocycles. The molecule has 2 N–H and O–H groups in total. The van der Waals surface area contributed by atoms with Gasteiger partial charge in [0.1, 0.15) is 18.7 Å². The molecule has 8 nitrogen and oxygen atoms in total. The number of benzene rings is 1. The van der Waals surface area contributed by atoms with Crippen LogP contribution in [0.3, 0.4) is 0 Å². The van der Waals surface area contributed by atoms with E-state index in [1.165, 1.54) is 4.90 Å². The van der Waals surface area contributed by atoms with Gasteiger partial charge in [-0.25, -0.2) is 9.59 Å². The van der Waals surface area contributed by atoms with Crippen LogP contribution in [0.15, 0.2) is 30.3 Å². The number of likely N-dealkylation sites (tertiary alicyclic amines) is 1. The smallest absolute Gasteiger partial charge is 0.410 e. The number of ketones is 1. The van der Waals surface area contributed by atoms with Gasteiger partial charge in [0, 0.05) is 13.0 Å². The summed E-state index contributed by atoms with van der Waals surface area (Å²) in [7, 11) is -0.0522. The zero-order valence-corrected chi connectivity index (χ0v) is 20.1. The number of hydrogen-bond donors (Lipinski definition) is 2. The number of aliphatic carboxylic acids is 1. The number of amides is 2. The predicted octanol–water partition coefficient (Wildman–Crippen LogP) is -1.41. The number of halogens is 1. The molecule has 172 valence electrons. The van der Waals surface area contributed by atoms with Crippen molar-refractivity contribution in [3.8, 4) is 0 Å². The van der Waals surface area contributed by atoms with E-state index >= 15 is 0 Å². The highest BCUT2D eigenvalue weighted by Gasteiger charge is 2.36. The molecule has 0 aromatic heterocycles. The summed E-state index contributed by atoms with van der Waals surface area (Å²) >= 11 is 0. The van der Waals surface area contributed by atoms with E-state index in [0.29, 0.717) is 25.1 Å². The Kier molecular flexibility index (Phi) is 11.6. The van der Waals surface area contributed by atoms with Crippen LogP contribution < -0.4 is 22.3 Å². The van der Waals surface area contributed by atoms with Gasteiger partial charge in [-0.3, -0.25) is 14.5 Å². The molecule has 1 aromatic rings. The lowest BCUT2D eigenvalue weighted by atomic mass is 10.1. The third-order valence-corrected chi connectivity index (χ3v) is 5.67. The van der Waals surface area contributed by atoms with Crippen LogP contribution in [0, 0.1) is 0 Å². The van der Waals surface area contributed by atoms with Gasteiger partial charge in [-0.1, -0.05) is 30.3 Å². The van der Waals surface area contributed by atoms with Gasteiger partial charge in [0.05, 0.1) is 12.5 Å². The van der Waals surface area contributed by atoms with Crippen LogP contribution in [0.4, 0.5) is 4.79 Å². The lowest BCUT2D eigenvalue weighted by molar-refractivity contribution is -0.142. The number of nitrogens with zero attached hydrogens (tertiary/aromatic N) is 1. The molecule has 2 rings (SSSR count). The maximum absolute atomic E-state index is 12.7. The molecule has 1 aromatic carbocycles. The Morgan fingerprint density at radius 1 is 1.23 bits per heavy atom. The third-order valence-electron chi connectivity index (χ3n) is 4.77. The van der Waals surface area contributed by atoms with Crippen LogP contribution in [0.1, 0.15) is 31.2 Å². The highest BCUT2D eigenvalue weighted by Crippen LogP contribution is 2.19. The topological polar surface area (TPSA) is 113 Å². The zero-order valence-electron chi connectivity index (χ0n) is 17.7. The molecule has 1 aliphatic heterocycles. The zero-order chi connectivity index (χ0) is 22.1. The number of hydrogen-bond acceptors (Lipinski definition) is 5. The number of rotatable bonds is 10. The minimum Gasteiger partial charge on any atom is -1.00 e. The molecule has 1 fully saturated rings. The maximum Gasteiger partial charge on any atom is 0.410 e. The van der Waals surface area contributed by atoms with E-state index in [1.807, 2.05) is 42.8 Å². The second kappa shape index (κ2) is 13.4. The lowest BCUT2D eigenvalue weighted by Crippen LogP contribution is -3.00. The number of carbonyl (C=O) groups excluding carboxylic acids is 3. The third kappa shape index (κ3) is 8.90. The fraction of sp³-hybridized carbons (Fsp3) is 0.524. The van der Waals surface area contributed by atoms with Gasteiger partial charge in [-0.15, -0.1) is 0 Å². The van der Waals surface area contributed by atoms with E-state index in [1.54, 1.807) is 0 Å². The second-order valence-corrected chi connectivity index (χ2v) is 9.76. The molecule has 2 amide bonds. The van der Waals surface area contributed by atoms with E-state index in [-0.39, 0.29) is 53.1 Å². The summed E-state index contributed by atoms with van der Waals surface area (Å²) in [4.78, 5) is 49.8. The summed E-state index contributed by atoms with van der Waals surface area (Å²) in [6, 6.07) is 7.27. The van der Waals surface area contributed by atoms with Crippen molar-refractivity contribution in [1.82, 2.24) is 10.2 Å².